The third-order valence-corrected chi connectivity index (χ3v) is 8.99. The maximum Gasteiger partial charge on any atom is 0.264 e. The summed E-state index contributed by atoms with van der Waals surface area (Å²) in [5, 5.41) is 3.10. The molecule has 3 aromatic carbocycles. The van der Waals surface area contributed by atoms with Gasteiger partial charge < -0.3 is 10.2 Å². The molecule has 3 aromatic rings. The minimum Gasteiger partial charge on any atom is -0.352 e. The van der Waals surface area contributed by atoms with Gasteiger partial charge in [0.05, 0.1) is 10.6 Å². The van der Waals surface area contributed by atoms with Crippen molar-refractivity contribution in [2.75, 3.05) is 10.8 Å². The molecule has 1 aliphatic carbocycles. The highest BCUT2D eigenvalue weighted by atomic mass is 32.2. The summed E-state index contributed by atoms with van der Waals surface area (Å²) in [4.78, 5) is 28.9. The van der Waals surface area contributed by atoms with Crippen LogP contribution in [0.15, 0.2) is 83.8 Å². The SMILES string of the molecule is Cc1cccc(CN(C(=O)CN(c2cccc(C)c2)S(=O)(=O)c2ccccc2)[C@@H](C)C(=O)NC2CCCC2)c1. The number of rotatable bonds is 10. The van der Waals surface area contributed by atoms with E-state index in [1.54, 1.807) is 43.3 Å². The van der Waals surface area contributed by atoms with Crippen molar-refractivity contribution >= 4 is 27.5 Å². The average molecular weight is 548 g/mol. The van der Waals surface area contributed by atoms with Gasteiger partial charge in [0.2, 0.25) is 11.8 Å². The molecule has 4 rings (SSSR count). The van der Waals surface area contributed by atoms with Crippen LogP contribution in [0.1, 0.15) is 49.3 Å². The molecule has 0 aliphatic heterocycles. The fraction of sp³-hybridized carbons (Fsp3) is 0.355. The van der Waals surface area contributed by atoms with E-state index in [4.69, 9.17) is 0 Å². The van der Waals surface area contributed by atoms with Gasteiger partial charge in [-0.1, -0.05) is 73.0 Å². The van der Waals surface area contributed by atoms with Crippen LogP contribution in [0, 0.1) is 13.8 Å². The van der Waals surface area contributed by atoms with E-state index in [2.05, 4.69) is 5.32 Å². The number of carbonyl (C=O) groups is 2. The van der Waals surface area contributed by atoms with Gasteiger partial charge in [0.1, 0.15) is 12.6 Å². The topological polar surface area (TPSA) is 86.8 Å². The lowest BCUT2D eigenvalue weighted by atomic mass is 10.1. The van der Waals surface area contributed by atoms with Crippen molar-refractivity contribution in [2.24, 2.45) is 0 Å². The largest absolute Gasteiger partial charge is 0.352 e. The zero-order chi connectivity index (χ0) is 28.0. The summed E-state index contributed by atoms with van der Waals surface area (Å²) in [7, 11) is -4.06. The molecule has 206 valence electrons. The molecule has 7 nitrogen and oxygen atoms in total. The monoisotopic (exact) mass is 547 g/mol. The Kier molecular flexibility index (Phi) is 9.07. The predicted octanol–water partition coefficient (Wildman–Crippen LogP) is 4.97. The van der Waals surface area contributed by atoms with Crippen LogP contribution in [0.4, 0.5) is 5.69 Å². The van der Waals surface area contributed by atoms with Gasteiger partial charge in [-0.3, -0.25) is 13.9 Å². The number of sulfonamides is 1. The fourth-order valence-electron chi connectivity index (χ4n) is 5.01. The second kappa shape index (κ2) is 12.5. The number of hydrogen-bond acceptors (Lipinski definition) is 4. The van der Waals surface area contributed by atoms with Crippen molar-refractivity contribution in [3.63, 3.8) is 0 Å². The second-order valence-corrected chi connectivity index (χ2v) is 12.2. The Morgan fingerprint density at radius 1 is 0.897 bits per heavy atom. The van der Waals surface area contributed by atoms with Crippen LogP contribution in [-0.4, -0.2) is 43.8 Å². The van der Waals surface area contributed by atoms with Crippen molar-refractivity contribution in [2.45, 2.75) is 70.0 Å². The Hall–Kier alpha value is -3.65. The smallest absolute Gasteiger partial charge is 0.264 e. The number of anilines is 1. The van der Waals surface area contributed by atoms with E-state index < -0.39 is 28.5 Å². The maximum absolute atomic E-state index is 14.0. The Morgan fingerprint density at radius 3 is 2.18 bits per heavy atom. The first-order valence-corrected chi connectivity index (χ1v) is 14.9. The molecule has 0 heterocycles. The molecule has 1 atom stereocenters. The first-order chi connectivity index (χ1) is 18.6. The molecule has 0 radical (unpaired) electrons. The molecule has 0 saturated heterocycles. The Balaban J connectivity index is 1.68. The van der Waals surface area contributed by atoms with Gasteiger partial charge in [-0.2, -0.15) is 0 Å². The van der Waals surface area contributed by atoms with E-state index in [-0.39, 0.29) is 23.4 Å². The lowest BCUT2D eigenvalue weighted by Crippen LogP contribution is -2.52. The molecule has 1 saturated carbocycles. The van der Waals surface area contributed by atoms with E-state index in [1.165, 1.54) is 17.0 Å². The minimum absolute atomic E-state index is 0.0940. The van der Waals surface area contributed by atoms with E-state index in [0.717, 1.165) is 46.7 Å². The first-order valence-electron chi connectivity index (χ1n) is 13.4. The molecule has 1 aliphatic rings. The number of nitrogens with zero attached hydrogens (tertiary/aromatic N) is 2. The lowest BCUT2D eigenvalue weighted by Gasteiger charge is -2.32. The summed E-state index contributed by atoms with van der Waals surface area (Å²) >= 11 is 0. The molecule has 0 spiro atoms. The molecular formula is C31H37N3O4S. The van der Waals surface area contributed by atoms with Crippen LogP contribution in [0.3, 0.4) is 0 Å². The van der Waals surface area contributed by atoms with Gasteiger partial charge in [-0.25, -0.2) is 8.42 Å². The van der Waals surface area contributed by atoms with Crippen molar-refractivity contribution in [1.82, 2.24) is 10.2 Å². The predicted molar refractivity (Wildman–Crippen MR) is 154 cm³/mol. The van der Waals surface area contributed by atoms with Gasteiger partial charge >= 0.3 is 0 Å². The molecule has 0 bridgehead atoms. The molecule has 2 amide bonds. The second-order valence-electron chi connectivity index (χ2n) is 10.3. The summed E-state index contributed by atoms with van der Waals surface area (Å²) in [6, 6.07) is 22.3. The summed E-state index contributed by atoms with van der Waals surface area (Å²) in [6.07, 6.45) is 4.02. The molecule has 1 fully saturated rings. The van der Waals surface area contributed by atoms with Gasteiger partial charge in [0, 0.05) is 12.6 Å². The number of carbonyl (C=O) groups excluding carboxylic acids is 2. The third-order valence-electron chi connectivity index (χ3n) is 7.20. The first kappa shape index (κ1) is 28.4. The molecule has 39 heavy (non-hydrogen) atoms. The molecule has 0 aromatic heterocycles. The number of amides is 2. The van der Waals surface area contributed by atoms with E-state index in [0.29, 0.717) is 5.69 Å². The summed E-state index contributed by atoms with van der Waals surface area (Å²) < 4.78 is 28.8. The van der Waals surface area contributed by atoms with Crippen LogP contribution in [0.25, 0.3) is 0 Å². The van der Waals surface area contributed by atoms with Gasteiger partial charge in [0.25, 0.3) is 10.0 Å². The maximum atomic E-state index is 14.0. The van der Waals surface area contributed by atoms with Crippen molar-refractivity contribution in [3.8, 4) is 0 Å². The van der Waals surface area contributed by atoms with Crippen LogP contribution in [-0.2, 0) is 26.2 Å². The summed E-state index contributed by atoms with van der Waals surface area (Å²) in [6.45, 7) is 5.30. The molecular weight excluding hydrogens is 510 g/mol. The minimum atomic E-state index is -4.06. The molecule has 8 heteroatoms. The standard InChI is InChI=1S/C31H37N3O4S/c1-23-11-9-13-26(19-23)21-33(25(3)31(36)32-27-14-7-8-15-27)30(35)22-34(28-16-10-12-24(2)20-28)39(37,38)29-17-5-4-6-18-29/h4-6,9-13,16-20,25,27H,7-8,14-15,21-22H2,1-3H3,(H,32,36)/t25-/m0/s1. The molecule has 0 unspecified atom stereocenters. The van der Waals surface area contributed by atoms with Crippen LogP contribution < -0.4 is 9.62 Å². The summed E-state index contributed by atoms with van der Waals surface area (Å²) in [5.41, 5.74) is 3.17. The normalized spacial score (nSPS) is 14.5. The van der Waals surface area contributed by atoms with Crippen LogP contribution in [0.2, 0.25) is 0 Å². The number of aryl methyl sites for hydroxylation is 2. The third kappa shape index (κ3) is 7.06. The van der Waals surface area contributed by atoms with Crippen molar-refractivity contribution in [3.05, 3.63) is 95.6 Å². The molecule has 1 N–H and O–H groups in total. The van der Waals surface area contributed by atoms with Crippen LogP contribution in [0.5, 0.6) is 0 Å². The highest BCUT2D eigenvalue weighted by molar-refractivity contribution is 7.92. The number of nitrogens with one attached hydrogen (secondary N) is 1. The average Bonchev–Trinajstić information content (AvgIpc) is 3.43. The van der Waals surface area contributed by atoms with E-state index in [1.807, 2.05) is 44.2 Å². The van der Waals surface area contributed by atoms with E-state index >= 15 is 0 Å². The van der Waals surface area contributed by atoms with Crippen molar-refractivity contribution in [1.29, 1.82) is 0 Å². The number of benzene rings is 3. The lowest BCUT2D eigenvalue weighted by molar-refractivity contribution is -0.139. The van der Waals surface area contributed by atoms with E-state index in [9.17, 15) is 18.0 Å². The van der Waals surface area contributed by atoms with Crippen LogP contribution >= 0.6 is 0 Å². The zero-order valence-electron chi connectivity index (χ0n) is 22.8. The Bertz CT molecular complexity index is 1400. The highest BCUT2D eigenvalue weighted by Gasteiger charge is 2.33. The van der Waals surface area contributed by atoms with Gasteiger partial charge in [-0.15, -0.1) is 0 Å². The zero-order valence-corrected chi connectivity index (χ0v) is 23.7. The quantitative estimate of drug-likeness (QED) is 0.388. The van der Waals surface area contributed by atoms with Crippen molar-refractivity contribution < 1.29 is 18.0 Å². The van der Waals surface area contributed by atoms with Gasteiger partial charge in [0.15, 0.2) is 0 Å². The van der Waals surface area contributed by atoms with Gasteiger partial charge in [-0.05, 0) is 69.0 Å². The highest BCUT2D eigenvalue weighted by Crippen LogP contribution is 2.25. The Labute approximate surface area is 231 Å². The fourth-order valence-corrected chi connectivity index (χ4v) is 6.44. The number of hydrogen-bond donors (Lipinski definition) is 1. The summed E-state index contributed by atoms with van der Waals surface area (Å²) in [5.74, 6) is -0.678. The Morgan fingerprint density at radius 2 is 1.54 bits per heavy atom.